The highest BCUT2D eigenvalue weighted by Gasteiger charge is 2.37. The van der Waals surface area contributed by atoms with Crippen molar-refractivity contribution in [1.82, 2.24) is 0 Å². The van der Waals surface area contributed by atoms with E-state index < -0.39 is 0 Å². The predicted octanol–water partition coefficient (Wildman–Crippen LogP) is 8.10. The first-order valence-electron chi connectivity index (χ1n) is 12.2. The van der Waals surface area contributed by atoms with Gasteiger partial charge in [0.2, 0.25) is 0 Å². The van der Waals surface area contributed by atoms with Crippen LogP contribution in [0.15, 0.2) is 90.5 Å². The molecule has 0 aliphatic heterocycles. The van der Waals surface area contributed by atoms with Gasteiger partial charge < -0.3 is 11.1 Å². The van der Waals surface area contributed by atoms with Crippen LogP contribution in [0.25, 0.3) is 33.2 Å². The zero-order valence-electron chi connectivity index (χ0n) is 19.9. The number of anilines is 2. The van der Waals surface area contributed by atoms with E-state index in [1.165, 1.54) is 49.5 Å². The first-order valence-corrected chi connectivity index (χ1v) is 12.2. The quantitative estimate of drug-likeness (QED) is 0.313. The molecule has 0 heterocycles. The molecule has 6 rings (SSSR count). The summed E-state index contributed by atoms with van der Waals surface area (Å²) in [6.45, 7) is 5.28. The number of hydrogen-bond acceptors (Lipinski definition) is 2. The van der Waals surface area contributed by atoms with E-state index in [1.54, 1.807) is 0 Å². The maximum Gasteiger partial charge on any atom is 0.0543 e. The molecule has 2 aliphatic rings. The Labute approximate surface area is 201 Å². The summed E-state index contributed by atoms with van der Waals surface area (Å²) < 4.78 is 0. The van der Waals surface area contributed by atoms with Crippen molar-refractivity contribution in [2.24, 2.45) is 5.73 Å². The van der Waals surface area contributed by atoms with Gasteiger partial charge in [0.1, 0.15) is 0 Å². The van der Waals surface area contributed by atoms with Crippen LogP contribution in [0.1, 0.15) is 43.4 Å². The van der Waals surface area contributed by atoms with E-state index in [-0.39, 0.29) is 5.41 Å². The molecular formula is C32H30N2. The van der Waals surface area contributed by atoms with Crippen LogP contribution in [0, 0.1) is 0 Å². The van der Waals surface area contributed by atoms with E-state index in [9.17, 15) is 0 Å². The SMILES string of the molecule is CC1(C)C2=C(CCC=C2)c2cc3c(Nc4cccc(/C=C\CN)c4)c4ccccc4cc3cc21. The summed E-state index contributed by atoms with van der Waals surface area (Å²) in [5.41, 5.74) is 15.0. The molecule has 34 heavy (non-hydrogen) atoms. The highest BCUT2D eigenvalue weighted by atomic mass is 14.9. The monoisotopic (exact) mass is 442 g/mol. The number of nitrogens with two attached hydrogens (primary N) is 1. The van der Waals surface area contributed by atoms with Gasteiger partial charge in [0, 0.05) is 28.4 Å². The fourth-order valence-electron chi connectivity index (χ4n) is 5.76. The number of fused-ring (bicyclic) bond motifs is 4. The third-order valence-electron chi connectivity index (χ3n) is 7.44. The van der Waals surface area contributed by atoms with Gasteiger partial charge in [-0.2, -0.15) is 0 Å². The van der Waals surface area contributed by atoms with Gasteiger partial charge in [0.25, 0.3) is 0 Å². The van der Waals surface area contributed by atoms with Crippen LogP contribution in [-0.2, 0) is 5.41 Å². The van der Waals surface area contributed by atoms with Crippen molar-refractivity contribution < 1.29 is 0 Å². The molecule has 0 amide bonds. The Morgan fingerprint density at radius 1 is 0.941 bits per heavy atom. The molecule has 4 aromatic carbocycles. The largest absolute Gasteiger partial charge is 0.354 e. The summed E-state index contributed by atoms with van der Waals surface area (Å²) in [5, 5.41) is 8.86. The number of nitrogens with one attached hydrogen (secondary N) is 1. The second-order valence-electron chi connectivity index (χ2n) is 9.94. The molecule has 0 saturated heterocycles. The lowest BCUT2D eigenvalue weighted by molar-refractivity contribution is 0.652. The van der Waals surface area contributed by atoms with Gasteiger partial charge in [-0.15, -0.1) is 0 Å². The van der Waals surface area contributed by atoms with Gasteiger partial charge in [-0.25, -0.2) is 0 Å². The first kappa shape index (κ1) is 20.9. The van der Waals surface area contributed by atoms with Crippen molar-refractivity contribution in [3.05, 3.63) is 107 Å². The summed E-state index contributed by atoms with van der Waals surface area (Å²) in [5.74, 6) is 0. The van der Waals surface area contributed by atoms with E-state index in [4.69, 9.17) is 5.73 Å². The summed E-state index contributed by atoms with van der Waals surface area (Å²) in [4.78, 5) is 0. The molecule has 2 aliphatic carbocycles. The zero-order valence-corrected chi connectivity index (χ0v) is 19.9. The van der Waals surface area contributed by atoms with Gasteiger partial charge in [0.15, 0.2) is 0 Å². The Morgan fingerprint density at radius 3 is 2.71 bits per heavy atom. The maximum atomic E-state index is 5.66. The maximum absolute atomic E-state index is 5.66. The number of hydrogen-bond donors (Lipinski definition) is 2. The fraction of sp³-hybridized carbons (Fsp3) is 0.188. The van der Waals surface area contributed by atoms with E-state index in [0.717, 1.165) is 24.1 Å². The van der Waals surface area contributed by atoms with Gasteiger partial charge in [-0.05, 0) is 81.8 Å². The van der Waals surface area contributed by atoms with Crippen LogP contribution in [0.5, 0.6) is 0 Å². The normalized spacial score (nSPS) is 16.4. The van der Waals surface area contributed by atoms with Crippen LogP contribution >= 0.6 is 0 Å². The zero-order chi connectivity index (χ0) is 23.3. The van der Waals surface area contributed by atoms with Crippen LogP contribution in [0.3, 0.4) is 0 Å². The molecule has 0 radical (unpaired) electrons. The van der Waals surface area contributed by atoms with Crippen molar-refractivity contribution in [1.29, 1.82) is 0 Å². The van der Waals surface area contributed by atoms with Crippen LogP contribution < -0.4 is 11.1 Å². The minimum Gasteiger partial charge on any atom is -0.354 e. The molecule has 0 saturated carbocycles. The molecule has 0 bridgehead atoms. The summed E-state index contributed by atoms with van der Waals surface area (Å²) in [6.07, 6.45) is 11.0. The lowest BCUT2D eigenvalue weighted by atomic mass is 9.79. The molecule has 0 atom stereocenters. The molecule has 2 nitrogen and oxygen atoms in total. The van der Waals surface area contributed by atoms with Crippen molar-refractivity contribution >= 4 is 44.6 Å². The molecule has 0 fully saturated rings. The Balaban J connectivity index is 1.58. The molecule has 2 heteroatoms. The Bertz CT molecular complexity index is 1530. The Morgan fingerprint density at radius 2 is 1.82 bits per heavy atom. The molecule has 3 N–H and O–H groups in total. The average Bonchev–Trinajstić information content (AvgIpc) is 3.08. The summed E-state index contributed by atoms with van der Waals surface area (Å²) >= 11 is 0. The fourth-order valence-corrected chi connectivity index (χ4v) is 5.76. The van der Waals surface area contributed by atoms with Gasteiger partial charge >= 0.3 is 0 Å². The number of benzene rings is 4. The van der Waals surface area contributed by atoms with Crippen molar-refractivity contribution in [3.63, 3.8) is 0 Å². The summed E-state index contributed by atoms with van der Waals surface area (Å²) in [6, 6.07) is 24.4. The molecular weight excluding hydrogens is 412 g/mol. The van der Waals surface area contributed by atoms with Crippen LogP contribution in [0.4, 0.5) is 11.4 Å². The van der Waals surface area contributed by atoms with Gasteiger partial charge in [-0.3, -0.25) is 0 Å². The third-order valence-corrected chi connectivity index (χ3v) is 7.44. The average molecular weight is 443 g/mol. The van der Waals surface area contributed by atoms with E-state index >= 15 is 0 Å². The number of allylic oxidation sites excluding steroid dienone is 4. The van der Waals surface area contributed by atoms with E-state index in [1.807, 2.05) is 6.08 Å². The standard InChI is InChI=1S/C32H30N2/c1-32(2)29-15-6-5-14-26(29)28-20-27-23(19-30(28)32)18-22-11-3-4-13-25(22)31(27)34-24-12-7-9-21(17-24)10-8-16-33/h3-4,6-13,15,17-20,34H,5,14,16,33H2,1-2H3/b10-8-. The molecule has 4 aromatic rings. The van der Waals surface area contributed by atoms with E-state index in [0.29, 0.717) is 6.54 Å². The lowest BCUT2D eigenvalue weighted by Gasteiger charge is -2.24. The second kappa shape index (κ2) is 8.00. The number of rotatable bonds is 4. The summed E-state index contributed by atoms with van der Waals surface area (Å²) in [7, 11) is 0. The Kier molecular flexibility index (Phi) is 4.93. The first-order chi connectivity index (χ1) is 16.6. The van der Waals surface area contributed by atoms with Crippen molar-refractivity contribution in [3.8, 4) is 0 Å². The van der Waals surface area contributed by atoms with Crippen LogP contribution in [0.2, 0.25) is 0 Å². The van der Waals surface area contributed by atoms with Crippen molar-refractivity contribution in [2.75, 3.05) is 11.9 Å². The Hall–Kier alpha value is -3.62. The lowest BCUT2D eigenvalue weighted by Crippen LogP contribution is -2.16. The smallest absolute Gasteiger partial charge is 0.0543 e. The second-order valence-corrected chi connectivity index (χ2v) is 9.94. The van der Waals surface area contributed by atoms with Gasteiger partial charge in [-0.1, -0.05) is 74.5 Å². The molecule has 168 valence electrons. The van der Waals surface area contributed by atoms with E-state index in [2.05, 4.69) is 104 Å². The predicted molar refractivity (Wildman–Crippen MR) is 148 cm³/mol. The molecule has 0 unspecified atom stereocenters. The van der Waals surface area contributed by atoms with Gasteiger partial charge in [0.05, 0.1) is 5.69 Å². The molecule has 0 spiro atoms. The highest BCUT2D eigenvalue weighted by molar-refractivity contribution is 6.13. The topological polar surface area (TPSA) is 38.0 Å². The van der Waals surface area contributed by atoms with Crippen LogP contribution in [-0.4, -0.2) is 6.54 Å². The molecule has 0 aromatic heterocycles. The highest BCUT2D eigenvalue weighted by Crippen LogP contribution is 2.52. The minimum atomic E-state index is 0.0403. The van der Waals surface area contributed by atoms with Crippen molar-refractivity contribution in [2.45, 2.75) is 32.1 Å². The minimum absolute atomic E-state index is 0.0403. The third kappa shape index (κ3) is 3.29.